The standard InChI is InChI=1S/C13H19NO2S/c1-10(7-8-15)9-14-13(16)11-5-3-4-6-12(11)17-2/h3-6,10,15H,7-9H2,1-2H3,(H,14,16). The molecule has 0 saturated carbocycles. The van der Waals surface area contributed by atoms with Gasteiger partial charge in [-0.1, -0.05) is 19.1 Å². The van der Waals surface area contributed by atoms with Crippen LogP contribution < -0.4 is 5.32 Å². The van der Waals surface area contributed by atoms with Crippen molar-refractivity contribution in [2.45, 2.75) is 18.2 Å². The lowest BCUT2D eigenvalue weighted by Gasteiger charge is -2.12. The monoisotopic (exact) mass is 253 g/mol. The normalized spacial score (nSPS) is 12.2. The van der Waals surface area contributed by atoms with Crippen molar-refractivity contribution in [2.24, 2.45) is 5.92 Å². The maximum atomic E-state index is 11.9. The van der Waals surface area contributed by atoms with E-state index in [9.17, 15) is 4.79 Å². The number of carbonyl (C=O) groups is 1. The molecule has 0 spiro atoms. The number of hydrogen-bond donors (Lipinski definition) is 2. The maximum absolute atomic E-state index is 11.9. The van der Waals surface area contributed by atoms with Crippen molar-refractivity contribution in [3.05, 3.63) is 29.8 Å². The summed E-state index contributed by atoms with van der Waals surface area (Å²) in [5.41, 5.74) is 0.719. The SMILES string of the molecule is CSc1ccccc1C(=O)NCC(C)CCO. The zero-order valence-electron chi connectivity index (χ0n) is 10.3. The van der Waals surface area contributed by atoms with Crippen LogP contribution in [0.1, 0.15) is 23.7 Å². The number of hydrogen-bond acceptors (Lipinski definition) is 3. The molecule has 94 valence electrons. The van der Waals surface area contributed by atoms with Gasteiger partial charge in [0.05, 0.1) is 5.56 Å². The first-order chi connectivity index (χ1) is 8.19. The number of aliphatic hydroxyl groups is 1. The van der Waals surface area contributed by atoms with Crippen LogP contribution in [0.5, 0.6) is 0 Å². The third kappa shape index (κ3) is 4.40. The summed E-state index contributed by atoms with van der Waals surface area (Å²) >= 11 is 1.57. The van der Waals surface area contributed by atoms with Gasteiger partial charge in [-0.25, -0.2) is 0 Å². The van der Waals surface area contributed by atoms with Crippen LogP contribution in [0.2, 0.25) is 0 Å². The van der Waals surface area contributed by atoms with E-state index >= 15 is 0 Å². The van der Waals surface area contributed by atoms with Crippen molar-refractivity contribution in [1.29, 1.82) is 0 Å². The number of carbonyl (C=O) groups excluding carboxylic acids is 1. The highest BCUT2D eigenvalue weighted by Crippen LogP contribution is 2.19. The topological polar surface area (TPSA) is 49.3 Å². The molecule has 1 unspecified atom stereocenters. The van der Waals surface area contributed by atoms with E-state index in [0.29, 0.717) is 18.9 Å². The van der Waals surface area contributed by atoms with Crippen molar-refractivity contribution in [2.75, 3.05) is 19.4 Å². The maximum Gasteiger partial charge on any atom is 0.252 e. The summed E-state index contributed by atoms with van der Waals surface area (Å²) in [6.45, 7) is 2.78. The Kier molecular flexibility index (Phi) is 6.08. The quantitative estimate of drug-likeness (QED) is 0.764. The van der Waals surface area contributed by atoms with Crippen LogP contribution >= 0.6 is 11.8 Å². The number of thioether (sulfide) groups is 1. The van der Waals surface area contributed by atoms with E-state index in [-0.39, 0.29) is 12.5 Å². The molecule has 0 saturated heterocycles. The van der Waals surface area contributed by atoms with Crippen LogP contribution in [0.4, 0.5) is 0 Å². The van der Waals surface area contributed by atoms with Gasteiger partial charge < -0.3 is 10.4 Å². The fraction of sp³-hybridized carbons (Fsp3) is 0.462. The van der Waals surface area contributed by atoms with E-state index in [0.717, 1.165) is 10.5 Å². The third-order valence-corrected chi connectivity index (χ3v) is 3.38. The molecule has 0 aliphatic heterocycles. The van der Waals surface area contributed by atoms with Crippen molar-refractivity contribution >= 4 is 17.7 Å². The lowest BCUT2D eigenvalue weighted by molar-refractivity contribution is 0.0942. The van der Waals surface area contributed by atoms with E-state index in [1.165, 1.54) is 0 Å². The molecular weight excluding hydrogens is 234 g/mol. The smallest absolute Gasteiger partial charge is 0.252 e. The lowest BCUT2D eigenvalue weighted by Crippen LogP contribution is -2.29. The first-order valence-corrected chi connectivity index (χ1v) is 6.93. The van der Waals surface area contributed by atoms with Gasteiger partial charge in [0.1, 0.15) is 0 Å². The summed E-state index contributed by atoms with van der Waals surface area (Å²) in [7, 11) is 0. The minimum atomic E-state index is -0.0419. The molecule has 1 aromatic carbocycles. The van der Waals surface area contributed by atoms with Gasteiger partial charge in [0.2, 0.25) is 0 Å². The Bertz CT molecular complexity index is 368. The molecule has 1 atom stereocenters. The average molecular weight is 253 g/mol. The van der Waals surface area contributed by atoms with Crippen LogP contribution in [-0.4, -0.2) is 30.4 Å². The van der Waals surface area contributed by atoms with Crippen molar-refractivity contribution in [3.63, 3.8) is 0 Å². The summed E-state index contributed by atoms with van der Waals surface area (Å²) < 4.78 is 0. The minimum absolute atomic E-state index is 0.0419. The highest BCUT2D eigenvalue weighted by molar-refractivity contribution is 7.98. The Morgan fingerprint density at radius 1 is 1.47 bits per heavy atom. The number of aliphatic hydroxyl groups excluding tert-OH is 1. The number of nitrogens with one attached hydrogen (secondary N) is 1. The molecule has 1 rings (SSSR count). The Labute approximate surface area is 107 Å². The van der Waals surface area contributed by atoms with Crippen molar-refractivity contribution in [1.82, 2.24) is 5.32 Å². The Balaban J connectivity index is 2.58. The van der Waals surface area contributed by atoms with Gasteiger partial charge in [0.25, 0.3) is 5.91 Å². The highest BCUT2D eigenvalue weighted by Gasteiger charge is 2.10. The van der Waals surface area contributed by atoms with Crippen LogP contribution in [0.15, 0.2) is 29.2 Å². The molecule has 0 radical (unpaired) electrons. The minimum Gasteiger partial charge on any atom is -0.396 e. The molecule has 17 heavy (non-hydrogen) atoms. The number of amides is 1. The first kappa shape index (κ1) is 14.1. The molecule has 0 aromatic heterocycles. The second kappa shape index (κ2) is 7.35. The molecule has 4 heteroatoms. The van der Waals surface area contributed by atoms with Gasteiger partial charge in [-0.15, -0.1) is 11.8 Å². The molecule has 0 fully saturated rings. The predicted octanol–water partition coefficient (Wildman–Crippen LogP) is 2.16. The third-order valence-electron chi connectivity index (χ3n) is 2.58. The Hall–Kier alpha value is -1.00. The molecular formula is C13H19NO2S. The van der Waals surface area contributed by atoms with E-state index < -0.39 is 0 Å². The van der Waals surface area contributed by atoms with Gasteiger partial charge in [-0.3, -0.25) is 4.79 Å². The zero-order chi connectivity index (χ0) is 12.7. The van der Waals surface area contributed by atoms with Gasteiger partial charge >= 0.3 is 0 Å². The molecule has 3 nitrogen and oxygen atoms in total. The van der Waals surface area contributed by atoms with E-state index in [1.54, 1.807) is 11.8 Å². The summed E-state index contributed by atoms with van der Waals surface area (Å²) in [4.78, 5) is 12.9. The van der Waals surface area contributed by atoms with E-state index in [1.807, 2.05) is 37.4 Å². The van der Waals surface area contributed by atoms with E-state index in [4.69, 9.17) is 5.11 Å². The molecule has 0 aliphatic rings. The van der Waals surface area contributed by atoms with Crippen molar-refractivity contribution in [3.8, 4) is 0 Å². The molecule has 0 heterocycles. The summed E-state index contributed by atoms with van der Waals surface area (Å²) in [6, 6.07) is 7.57. The molecule has 0 aliphatic carbocycles. The van der Waals surface area contributed by atoms with Gasteiger partial charge in [0, 0.05) is 18.0 Å². The van der Waals surface area contributed by atoms with E-state index in [2.05, 4.69) is 5.32 Å². The average Bonchev–Trinajstić information content (AvgIpc) is 2.36. The molecule has 1 aromatic rings. The summed E-state index contributed by atoms with van der Waals surface area (Å²) in [6.07, 6.45) is 2.67. The lowest BCUT2D eigenvalue weighted by atomic mass is 10.1. The molecule has 0 bridgehead atoms. The highest BCUT2D eigenvalue weighted by atomic mass is 32.2. The second-order valence-electron chi connectivity index (χ2n) is 4.03. The fourth-order valence-corrected chi connectivity index (χ4v) is 2.11. The van der Waals surface area contributed by atoms with Crippen LogP contribution in [-0.2, 0) is 0 Å². The van der Waals surface area contributed by atoms with Gasteiger partial charge in [0.15, 0.2) is 0 Å². The molecule has 1 amide bonds. The number of benzene rings is 1. The second-order valence-corrected chi connectivity index (χ2v) is 4.88. The van der Waals surface area contributed by atoms with Crippen LogP contribution in [0.3, 0.4) is 0 Å². The summed E-state index contributed by atoms with van der Waals surface area (Å²) in [5, 5.41) is 11.7. The Morgan fingerprint density at radius 2 is 2.18 bits per heavy atom. The first-order valence-electron chi connectivity index (χ1n) is 5.71. The van der Waals surface area contributed by atoms with Gasteiger partial charge in [-0.05, 0) is 30.7 Å². The van der Waals surface area contributed by atoms with Gasteiger partial charge in [-0.2, -0.15) is 0 Å². The Morgan fingerprint density at radius 3 is 2.82 bits per heavy atom. The number of rotatable bonds is 6. The zero-order valence-corrected chi connectivity index (χ0v) is 11.1. The van der Waals surface area contributed by atoms with Crippen molar-refractivity contribution < 1.29 is 9.90 Å². The van der Waals surface area contributed by atoms with Crippen LogP contribution in [0.25, 0.3) is 0 Å². The predicted molar refractivity (Wildman–Crippen MR) is 71.4 cm³/mol. The largest absolute Gasteiger partial charge is 0.396 e. The summed E-state index contributed by atoms with van der Waals surface area (Å²) in [5.74, 6) is 0.255. The fourth-order valence-electron chi connectivity index (χ4n) is 1.52. The van der Waals surface area contributed by atoms with Crippen LogP contribution in [0, 0.1) is 5.92 Å². The molecule has 2 N–H and O–H groups in total.